The third kappa shape index (κ3) is 8.77. The van der Waals surface area contributed by atoms with Crippen LogP contribution in [0.15, 0.2) is 64.4 Å². The highest BCUT2D eigenvalue weighted by Crippen LogP contribution is 2.22. The van der Waals surface area contributed by atoms with Crippen LogP contribution in [0.2, 0.25) is 0 Å². The van der Waals surface area contributed by atoms with Crippen LogP contribution >= 0.6 is 0 Å². The number of nitrogens with two attached hydrogens (primary N) is 1. The summed E-state index contributed by atoms with van der Waals surface area (Å²) >= 11 is 0. The molecule has 170 valence electrons. The van der Waals surface area contributed by atoms with Crippen LogP contribution in [0.5, 0.6) is 0 Å². The Hall–Kier alpha value is -3.39. The number of Topliss-reactive ketones (excluding diaryl/α,β-unsaturated/α-hetero) is 1. The first-order valence-electron chi connectivity index (χ1n) is 10.4. The number of allylic oxidation sites excluding steroid dienone is 4. The van der Waals surface area contributed by atoms with Crippen molar-refractivity contribution in [3.63, 3.8) is 0 Å². The number of halogens is 1. The molecule has 8 heteroatoms. The molecule has 2 rings (SSSR count). The van der Waals surface area contributed by atoms with E-state index in [0.717, 1.165) is 18.4 Å². The van der Waals surface area contributed by atoms with E-state index in [-0.39, 0.29) is 17.5 Å². The molecule has 0 bridgehead atoms. The van der Waals surface area contributed by atoms with Crippen LogP contribution in [-0.2, 0) is 16.2 Å². The van der Waals surface area contributed by atoms with Gasteiger partial charge < -0.3 is 14.9 Å². The molecule has 0 radical (unpaired) electrons. The van der Waals surface area contributed by atoms with E-state index in [1.807, 2.05) is 0 Å². The summed E-state index contributed by atoms with van der Waals surface area (Å²) in [6.45, 7) is 3.55. The van der Waals surface area contributed by atoms with Crippen molar-refractivity contribution in [2.24, 2.45) is 15.9 Å². The highest BCUT2D eigenvalue weighted by atomic mass is 19.1. The quantitative estimate of drug-likeness (QED) is 0.243. The molecule has 0 spiro atoms. The van der Waals surface area contributed by atoms with Crippen LogP contribution in [-0.4, -0.2) is 29.8 Å². The second-order valence-electron chi connectivity index (χ2n) is 7.36. The lowest BCUT2D eigenvalue weighted by atomic mass is 10.1. The highest BCUT2D eigenvalue weighted by molar-refractivity contribution is 6.00. The Morgan fingerprint density at radius 2 is 2.06 bits per heavy atom. The number of unbranched alkanes of at least 4 members (excludes halogenated alkanes) is 2. The largest absolute Gasteiger partial charge is 0.397 e. The monoisotopic (exact) mass is 440 g/mol. The first-order valence-corrected chi connectivity index (χ1v) is 10.4. The Labute approximate surface area is 187 Å². The zero-order valence-electron chi connectivity index (χ0n) is 18.4. The van der Waals surface area contributed by atoms with Crippen LogP contribution < -0.4 is 11.2 Å². The first kappa shape index (κ1) is 24.9. The fourth-order valence-corrected chi connectivity index (χ4v) is 2.89. The van der Waals surface area contributed by atoms with Crippen molar-refractivity contribution in [1.29, 1.82) is 0 Å². The van der Waals surface area contributed by atoms with Gasteiger partial charge in [0.05, 0.1) is 23.8 Å². The molecular formula is C24H29FN4O3. The number of rotatable bonds is 10. The Bertz CT molecular complexity index is 964. The standard InChI is InChI=1S/C24H29FN4O3/c1-17(30)7-4-3-5-14-27-23-15-19(16-28-18(2)32-26)10-13-22(23)24(31)29-21-9-6-8-20(25)11-12-21/h6,8-15,21H,3-5,7,16,26H2,1-2H3,(H,29,31)/b27-14+,28-18-. The zero-order chi connectivity index (χ0) is 23.3. The maximum atomic E-state index is 13.4. The molecule has 0 saturated carbocycles. The highest BCUT2D eigenvalue weighted by Gasteiger charge is 2.15. The lowest BCUT2D eigenvalue weighted by Gasteiger charge is -2.13. The molecule has 1 aliphatic carbocycles. The summed E-state index contributed by atoms with van der Waals surface area (Å²) < 4.78 is 13.4. The smallest absolute Gasteiger partial charge is 0.254 e. The van der Waals surface area contributed by atoms with Gasteiger partial charge in [0.15, 0.2) is 0 Å². The maximum absolute atomic E-state index is 13.4. The van der Waals surface area contributed by atoms with Gasteiger partial charge in [0.2, 0.25) is 5.90 Å². The van der Waals surface area contributed by atoms with Gasteiger partial charge in [0.1, 0.15) is 11.6 Å². The molecule has 1 amide bonds. The van der Waals surface area contributed by atoms with E-state index in [1.54, 1.807) is 56.5 Å². The number of ketones is 1. The molecule has 0 saturated heterocycles. The van der Waals surface area contributed by atoms with Crippen molar-refractivity contribution < 1.29 is 18.8 Å². The summed E-state index contributed by atoms with van der Waals surface area (Å²) in [4.78, 5) is 37.2. The molecule has 1 unspecified atom stereocenters. The predicted octanol–water partition coefficient (Wildman–Crippen LogP) is 4.42. The lowest BCUT2D eigenvalue weighted by Crippen LogP contribution is -2.32. The third-order valence-corrected chi connectivity index (χ3v) is 4.64. The summed E-state index contributed by atoms with van der Waals surface area (Å²) in [5, 5.41) is 2.85. The van der Waals surface area contributed by atoms with Gasteiger partial charge in [-0.3, -0.25) is 9.79 Å². The number of carbonyl (C=O) groups excluding carboxylic acids is 2. The minimum Gasteiger partial charge on any atom is -0.397 e. The molecule has 3 N–H and O–H groups in total. The second-order valence-corrected chi connectivity index (χ2v) is 7.36. The SMILES string of the molecule is CC(=O)CCCC/C=N/c1cc(C/N=C(/C)ON)ccc1C(=O)NC1C=CC=C(F)C=C1. The summed E-state index contributed by atoms with van der Waals surface area (Å²) in [7, 11) is 0. The number of hydrogen-bond acceptors (Lipinski definition) is 6. The number of hydrogen-bond donors (Lipinski definition) is 2. The van der Waals surface area contributed by atoms with Crippen LogP contribution in [0.3, 0.4) is 0 Å². The maximum Gasteiger partial charge on any atom is 0.254 e. The number of amides is 1. The lowest BCUT2D eigenvalue weighted by molar-refractivity contribution is -0.117. The van der Waals surface area contributed by atoms with E-state index < -0.39 is 6.04 Å². The van der Waals surface area contributed by atoms with Gasteiger partial charge in [-0.1, -0.05) is 24.3 Å². The molecule has 7 nitrogen and oxygen atoms in total. The minimum atomic E-state index is -0.441. The van der Waals surface area contributed by atoms with Crippen molar-refractivity contribution >= 4 is 29.5 Å². The third-order valence-electron chi connectivity index (χ3n) is 4.64. The summed E-state index contributed by atoms with van der Waals surface area (Å²) in [5.74, 6) is 4.90. The van der Waals surface area contributed by atoms with Gasteiger partial charge in [-0.2, -0.15) is 5.90 Å². The van der Waals surface area contributed by atoms with Gasteiger partial charge >= 0.3 is 0 Å². The number of nitrogens with zero attached hydrogens (tertiary/aromatic N) is 2. The molecule has 32 heavy (non-hydrogen) atoms. The average Bonchev–Trinajstić information content (AvgIpc) is 2.98. The van der Waals surface area contributed by atoms with Gasteiger partial charge in [-0.15, -0.1) is 0 Å². The molecule has 1 atom stereocenters. The van der Waals surface area contributed by atoms with Crippen molar-refractivity contribution in [3.05, 3.63) is 65.5 Å². The van der Waals surface area contributed by atoms with Crippen molar-refractivity contribution in [3.8, 4) is 0 Å². The summed E-state index contributed by atoms with van der Waals surface area (Å²) in [6, 6.07) is 4.82. The van der Waals surface area contributed by atoms with E-state index in [9.17, 15) is 14.0 Å². The van der Waals surface area contributed by atoms with Crippen LogP contribution in [0.25, 0.3) is 0 Å². The van der Waals surface area contributed by atoms with Crippen LogP contribution in [0.4, 0.5) is 10.1 Å². The number of nitrogens with one attached hydrogen (secondary N) is 1. The van der Waals surface area contributed by atoms with Gasteiger partial charge in [-0.05, 0) is 56.0 Å². The average molecular weight is 441 g/mol. The minimum absolute atomic E-state index is 0.169. The van der Waals surface area contributed by atoms with Crippen LogP contribution in [0, 0.1) is 0 Å². The van der Waals surface area contributed by atoms with E-state index >= 15 is 0 Å². The van der Waals surface area contributed by atoms with Gasteiger partial charge in [0, 0.05) is 19.6 Å². The van der Waals surface area contributed by atoms with E-state index in [2.05, 4.69) is 20.1 Å². The Morgan fingerprint density at radius 3 is 2.81 bits per heavy atom. The Balaban J connectivity index is 2.16. The van der Waals surface area contributed by atoms with E-state index in [1.165, 1.54) is 12.2 Å². The fraction of sp³-hybridized carbons (Fsp3) is 0.333. The second kappa shape index (κ2) is 13.1. The first-order chi connectivity index (χ1) is 15.4. The molecule has 1 aromatic rings. The number of benzene rings is 1. The van der Waals surface area contributed by atoms with Crippen molar-refractivity contribution in [2.45, 2.75) is 52.1 Å². The normalized spacial score (nSPS) is 16.1. The van der Waals surface area contributed by atoms with Gasteiger partial charge in [-0.25, -0.2) is 9.38 Å². The van der Waals surface area contributed by atoms with Crippen molar-refractivity contribution in [2.75, 3.05) is 0 Å². The summed E-state index contributed by atoms with van der Waals surface area (Å²) in [6.07, 6.45) is 12.1. The Kier molecular flexibility index (Phi) is 10.2. The fourth-order valence-electron chi connectivity index (χ4n) is 2.89. The molecule has 0 fully saturated rings. The topological polar surface area (TPSA) is 106 Å². The zero-order valence-corrected chi connectivity index (χ0v) is 18.4. The molecule has 1 aromatic carbocycles. The molecule has 1 aliphatic rings. The van der Waals surface area contributed by atoms with E-state index in [0.29, 0.717) is 36.5 Å². The number of carbonyl (C=O) groups is 2. The molecular weight excluding hydrogens is 411 g/mol. The predicted molar refractivity (Wildman–Crippen MR) is 125 cm³/mol. The van der Waals surface area contributed by atoms with Crippen LogP contribution in [0.1, 0.15) is 55.5 Å². The Morgan fingerprint density at radius 1 is 1.25 bits per heavy atom. The molecule has 0 heterocycles. The van der Waals surface area contributed by atoms with Crippen molar-refractivity contribution in [1.82, 2.24) is 5.32 Å². The number of aliphatic imine (C=N–C) groups is 2. The molecule has 0 aliphatic heterocycles. The van der Waals surface area contributed by atoms with E-state index in [4.69, 9.17) is 5.90 Å². The summed E-state index contributed by atoms with van der Waals surface area (Å²) in [5.41, 5.74) is 1.73. The molecule has 0 aromatic heterocycles. The van der Waals surface area contributed by atoms with Gasteiger partial charge in [0.25, 0.3) is 5.91 Å².